The van der Waals surface area contributed by atoms with Gasteiger partial charge >= 0.3 is 5.97 Å². The van der Waals surface area contributed by atoms with Gasteiger partial charge in [0.05, 0.1) is 11.7 Å². The van der Waals surface area contributed by atoms with Crippen molar-refractivity contribution in [3.05, 3.63) is 29.7 Å². The first-order valence-corrected chi connectivity index (χ1v) is 5.68. The van der Waals surface area contributed by atoms with Crippen molar-refractivity contribution in [2.24, 2.45) is 5.41 Å². The lowest BCUT2D eigenvalue weighted by molar-refractivity contribution is -0.151. The Balaban J connectivity index is 2.30. The summed E-state index contributed by atoms with van der Waals surface area (Å²) in [6.07, 6.45) is 4.42. The highest BCUT2D eigenvalue weighted by molar-refractivity contribution is 5.80. The van der Waals surface area contributed by atoms with Gasteiger partial charge in [-0.1, -0.05) is 5.57 Å². The molecule has 1 N–H and O–H groups in total. The first kappa shape index (κ1) is 11.9. The average molecular weight is 236 g/mol. The van der Waals surface area contributed by atoms with E-state index in [-0.39, 0.29) is 0 Å². The summed E-state index contributed by atoms with van der Waals surface area (Å²) in [7, 11) is 0. The summed E-state index contributed by atoms with van der Waals surface area (Å²) >= 11 is 0. The number of carboxylic acid groups (broad SMARTS) is 1. The third-order valence-corrected chi connectivity index (χ3v) is 3.41. The van der Waals surface area contributed by atoms with E-state index in [1.54, 1.807) is 18.4 Å². The third-order valence-electron chi connectivity index (χ3n) is 3.41. The van der Waals surface area contributed by atoms with Crippen molar-refractivity contribution in [2.45, 2.75) is 19.8 Å². The van der Waals surface area contributed by atoms with Gasteiger partial charge in [0.2, 0.25) is 0 Å². The second-order valence-corrected chi connectivity index (χ2v) is 4.34. The number of carboxylic acids is 1. The van der Waals surface area contributed by atoms with Gasteiger partial charge in [0, 0.05) is 13.2 Å². The minimum Gasteiger partial charge on any atom is -0.481 e. The van der Waals surface area contributed by atoms with Crippen molar-refractivity contribution < 1.29 is 19.1 Å². The van der Waals surface area contributed by atoms with Crippen LogP contribution in [-0.2, 0) is 9.53 Å². The molecule has 1 aliphatic rings. The van der Waals surface area contributed by atoms with E-state index >= 15 is 0 Å². The SMILES string of the molecule is C/C(=C\c1ccco1)C1(C(=O)O)CCOCC1. The van der Waals surface area contributed by atoms with E-state index in [0.717, 1.165) is 5.57 Å². The Hall–Kier alpha value is -1.55. The Kier molecular flexibility index (Phi) is 3.33. The van der Waals surface area contributed by atoms with E-state index in [1.165, 1.54) is 0 Å². The van der Waals surface area contributed by atoms with Crippen LogP contribution >= 0.6 is 0 Å². The van der Waals surface area contributed by atoms with Crippen molar-refractivity contribution in [1.82, 2.24) is 0 Å². The van der Waals surface area contributed by atoms with E-state index in [4.69, 9.17) is 9.15 Å². The molecule has 1 saturated heterocycles. The van der Waals surface area contributed by atoms with E-state index in [1.807, 2.05) is 13.0 Å². The topological polar surface area (TPSA) is 59.7 Å². The molecule has 1 fully saturated rings. The quantitative estimate of drug-likeness (QED) is 0.876. The number of aliphatic carboxylic acids is 1. The number of furan rings is 1. The molecule has 4 nitrogen and oxygen atoms in total. The van der Waals surface area contributed by atoms with E-state index in [0.29, 0.717) is 31.8 Å². The van der Waals surface area contributed by atoms with Gasteiger partial charge in [0.1, 0.15) is 5.76 Å². The average Bonchev–Trinajstić information content (AvgIpc) is 2.82. The molecule has 1 aliphatic heterocycles. The predicted molar refractivity (Wildman–Crippen MR) is 62.5 cm³/mol. The molecule has 0 atom stereocenters. The summed E-state index contributed by atoms with van der Waals surface area (Å²) in [5, 5.41) is 9.46. The Morgan fingerprint density at radius 1 is 1.47 bits per heavy atom. The predicted octanol–water partition coefficient (Wildman–Crippen LogP) is 2.56. The second kappa shape index (κ2) is 4.75. The molecule has 92 valence electrons. The molecule has 0 amide bonds. The molecule has 17 heavy (non-hydrogen) atoms. The minimum absolute atomic E-state index is 0.496. The molecule has 2 rings (SSSR count). The summed E-state index contributed by atoms with van der Waals surface area (Å²) in [6.45, 7) is 2.84. The Morgan fingerprint density at radius 3 is 2.71 bits per heavy atom. The molecule has 4 heteroatoms. The maximum Gasteiger partial charge on any atom is 0.313 e. The Morgan fingerprint density at radius 2 is 2.18 bits per heavy atom. The summed E-state index contributed by atoms with van der Waals surface area (Å²) in [5.74, 6) is -0.0873. The maximum atomic E-state index is 11.5. The number of rotatable bonds is 3. The Bertz CT molecular complexity index is 411. The molecule has 2 heterocycles. The number of ether oxygens (including phenoxy) is 1. The molecule has 0 saturated carbocycles. The number of hydrogen-bond donors (Lipinski definition) is 1. The fourth-order valence-electron chi connectivity index (χ4n) is 2.22. The van der Waals surface area contributed by atoms with Crippen molar-refractivity contribution >= 4 is 12.0 Å². The molecule has 0 radical (unpaired) electrons. The molecule has 0 aromatic carbocycles. The van der Waals surface area contributed by atoms with Gasteiger partial charge in [0.15, 0.2) is 0 Å². The van der Waals surface area contributed by atoms with Crippen LogP contribution in [0.5, 0.6) is 0 Å². The lowest BCUT2D eigenvalue weighted by Gasteiger charge is -2.34. The van der Waals surface area contributed by atoms with E-state index in [9.17, 15) is 9.90 Å². The van der Waals surface area contributed by atoms with Gasteiger partial charge in [-0.3, -0.25) is 4.79 Å². The van der Waals surface area contributed by atoms with E-state index in [2.05, 4.69) is 0 Å². The molecular formula is C13H16O4. The highest BCUT2D eigenvalue weighted by Gasteiger charge is 2.41. The van der Waals surface area contributed by atoms with Crippen molar-refractivity contribution in [1.29, 1.82) is 0 Å². The van der Waals surface area contributed by atoms with Crippen molar-refractivity contribution in [3.8, 4) is 0 Å². The summed E-state index contributed by atoms with van der Waals surface area (Å²) in [5.41, 5.74) is 0.0219. The molecule has 0 spiro atoms. The zero-order valence-electron chi connectivity index (χ0n) is 9.81. The van der Waals surface area contributed by atoms with Gasteiger partial charge < -0.3 is 14.3 Å². The van der Waals surface area contributed by atoms with Crippen LogP contribution in [0.3, 0.4) is 0 Å². The van der Waals surface area contributed by atoms with Crippen molar-refractivity contribution in [2.75, 3.05) is 13.2 Å². The fraction of sp³-hybridized carbons (Fsp3) is 0.462. The lowest BCUT2D eigenvalue weighted by atomic mass is 9.74. The lowest BCUT2D eigenvalue weighted by Crippen LogP contribution is -2.38. The standard InChI is InChI=1S/C13H16O4/c1-10(9-11-3-2-6-17-11)13(12(14)15)4-7-16-8-5-13/h2-3,6,9H,4-5,7-8H2,1H3,(H,14,15)/b10-9+. The van der Waals surface area contributed by atoms with Gasteiger partial charge in [0.25, 0.3) is 0 Å². The van der Waals surface area contributed by atoms with Gasteiger partial charge in [-0.25, -0.2) is 0 Å². The van der Waals surface area contributed by atoms with Crippen LogP contribution in [0.25, 0.3) is 6.08 Å². The normalized spacial score (nSPS) is 20.2. The van der Waals surface area contributed by atoms with Crippen LogP contribution in [0.15, 0.2) is 28.4 Å². The molecule has 0 aliphatic carbocycles. The smallest absolute Gasteiger partial charge is 0.313 e. The van der Waals surface area contributed by atoms with Crippen LogP contribution in [0.4, 0.5) is 0 Å². The van der Waals surface area contributed by atoms with E-state index < -0.39 is 11.4 Å². The monoisotopic (exact) mass is 236 g/mol. The third kappa shape index (κ3) is 2.26. The van der Waals surface area contributed by atoms with Gasteiger partial charge in [-0.15, -0.1) is 0 Å². The highest BCUT2D eigenvalue weighted by atomic mass is 16.5. The zero-order chi connectivity index (χ0) is 12.3. The maximum absolute atomic E-state index is 11.5. The summed E-state index contributed by atoms with van der Waals surface area (Å²) in [4.78, 5) is 11.5. The van der Waals surface area contributed by atoms with Gasteiger partial charge in [-0.05, 0) is 38.0 Å². The molecular weight excluding hydrogens is 220 g/mol. The van der Waals surface area contributed by atoms with Gasteiger partial charge in [-0.2, -0.15) is 0 Å². The Labute approximate surface area is 99.9 Å². The molecule has 0 bridgehead atoms. The minimum atomic E-state index is -0.801. The fourth-order valence-corrected chi connectivity index (χ4v) is 2.22. The van der Waals surface area contributed by atoms with Crippen LogP contribution in [0.2, 0.25) is 0 Å². The van der Waals surface area contributed by atoms with Crippen LogP contribution in [-0.4, -0.2) is 24.3 Å². The van der Waals surface area contributed by atoms with Crippen LogP contribution < -0.4 is 0 Å². The largest absolute Gasteiger partial charge is 0.481 e. The summed E-state index contributed by atoms with van der Waals surface area (Å²) < 4.78 is 10.5. The summed E-state index contributed by atoms with van der Waals surface area (Å²) in [6, 6.07) is 3.61. The first-order valence-electron chi connectivity index (χ1n) is 5.68. The highest BCUT2D eigenvalue weighted by Crippen LogP contribution is 2.39. The number of hydrogen-bond acceptors (Lipinski definition) is 3. The number of carbonyl (C=O) groups is 1. The van der Waals surface area contributed by atoms with Crippen LogP contribution in [0, 0.1) is 5.41 Å². The van der Waals surface area contributed by atoms with Crippen molar-refractivity contribution in [3.63, 3.8) is 0 Å². The van der Waals surface area contributed by atoms with Crippen LogP contribution in [0.1, 0.15) is 25.5 Å². The molecule has 1 aromatic rings. The molecule has 1 aromatic heterocycles. The second-order valence-electron chi connectivity index (χ2n) is 4.34. The zero-order valence-corrected chi connectivity index (χ0v) is 9.81. The first-order chi connectivity index (χ1) is 8.15. The molecule has 0 unspecified atom stereocenters.